The molecule has 0 radical (unpaired) electrons. The second kappa shape index (κ2) is 5.67. The molecule has 1 rings (SSSR count). The Morgan fingerprint density at radius 3 is 2.44 bits per heavy atom. The fourth-order valence-electron chi connectivity index (χ4n) is 1.41. The van der Waals surface area contributed by atoms with Crippen molar-refractivity contribution in [3.8, 4) is 0 Å². The average Bonchev–Trinajstić information content (AvgIpc) is 2.66. The van der Waals surface area contributed by atoms with Crippen molar-refractivity contribution in [2.45, 2.75) is 26.2 Å². The second-order valence-corrected chi connectivity index (χ2v) is 3.51. The number of nitrogens with one attached hydrogen (secondary N) is 1. The maximum atomic E-state index is 11.7. The summed E-state index contributed by atoms with van der Waals surface area (Å²) in [7, 11) is 3.04. The summed E-state index contributed by atoms with van der Waals surface area (Å²) in [5, 5.41) is 2.73. The van der Waals surface area contributed by atoms with Crippen LogP contribution in [0.25, 0.3) is 0 Å². The minimum absolute atomic E-state index is 0.257. The number of carbonyl (C=O) groups excluding carboxylic acids is 1. The molecule has 5 heteroatoms. The van der Waals surface area contributed by atoms with E-state index in [0.29, 0.717) is 5.76 Å². The molecule has 90 valence electrons. The van der Waals surface area contributed by atoms with E-state index in [4.69, 9.17) is 13.9 Å². The number of hydrogen-bond acceptors (Lipinski definition) is 4. The van der Waals surface area contributed by atoms with Gasteiger partial charge in [0.25, 0.3) is 5.91 Å². The molecule has 1 aromatic rings. The minimum atomic E-state index is -0.472. The molecule has 16 heavy (non-hydrogen) atoms. The molecule has 1 N–H and O–H groups in total. The van der Waals surface area contributed by atoms with Crippen LogP contribution in [0.4, 0.5) is 0 Å². The zero-order chi connectivity index (χ0) is 12.1. The van der Waals surface area contributed by atoms with Gasteiger partial charge in [0.15, 0.2) is 12.1 Å². The van der Waals surface area contributed by atoms with Crippen molar-refractivity contribution in [2.75, 3.05) is 14.2 Å². The first-order valence-corrected chi connectivity index (χ1v) is 5.01. The maximum absolute atomic E-state index is 11.7. The third-order valence-corrected chi connectivity index (χ3v) is 2.20. The van der Waals surface area contributed by atoms with Crippen LogP contribution in [0.1, 0.15) is 23.2 Å². The Labute approximate surface area is 94.7 Å². The molecule has 0 aliphatic rings. The minimum Gasteiger partial charge on any atom is -0.456 e. The zero-order valence-corrected chi connectivity index (χ0v) is 9.94. The van der Waals surface area contributed by atoms with Gasteiger partial charge in [-0.3, -0.25) is 4.79 Å². The Hall–Kier alpha value is -1.33. The van der Waals surface area contributed by atoms with Crippen molar-refractivity contribution >= 4 is 5.91 Å². The molecular formula is C11H17NO4. The molecule has 0 aliphatic heterocycles. The predicted octanol–water partition coefficient (Wildman–Crippen LogP) is 1.33. The Balaban J connectivity index is 2.57. The molecule has 1 amide bonds. The van der Waals surface area contributed by atoms with E-state index in [9.17, 15) is 4.79 Å². The van der Waals surface area contributed by atoms with Crippen molar-refractivity contribution < 1.29 is 18.7 Å². The highest BCUT2D eigenvalue weighted by molar-refractivity contribution is 5.91. The Morgan fingerprint density at radius 1 is 1.38 bits per heavy atom. The zero-order valence-electron chi connectivity index (χ0n) is 9.94. The van der Waals surface area contributed by atoms with E-state index in [2.05, 4.69) is 5.32 Å². The molecule has 0 spiro atoms. The van der Waals surface area contributed by atoms with Crippen LogP contribution >= 0.6 is 0 Å². The third kappa shape index (κ3) is 3.08. The van der Waals surface area contributed by atoms with E-state index >= 15 is 0 Å². The van der Waals surface area contributed by atoms with Crippen LogP contribution in [0.2, 0.25) is 0 Å². The van der Waals surface area contributed by atoms with E-state index in [0.717, 1.165) is 0 Å². The van der Waals surface area contributed by atoms with Gasteiger partial charge in [-0.25, -0.2) is 0 Å². The largest absolute Gasteiger partial charge is 0.456 e. The molecule has 1 heterocycles. The SMILES string of the molecule is COC(OC)C(C)NC(=O)c1ccc(C)o1. The number of amides is 1. The Morgan fingerprint density at radius 2 is 2.00 bits per heavy atom. The van der Waals surface area contributed by atoms with Gasteiger partial charge in [0.05, 0.1) is 6.04 Å². The monoisotopic (exact) mass is 227 g/mol. The lowest BCUT2D eigenvalue weighted by Gasteiger charge is -2.21. The number of methoxy groups -OCH3 is 2. The van der Waals surface area contributed by atoms with Crippen molar-refractivity contribution in [3.05, 3.63) is 23.7 Å². The molecule has 1 unspecified atom stereocenters. The van der Waals surface area contributed by atoms with E-state index in [-0.39, 0.29) is 17.7 Å². The lowest BCUT2D eigenvalue weighted by Crippen LogP contribution is -2.42. The standard InChI is InChI=1S/C11H17NO4/c1-7-5-6-9(16-7)10(13)12-8(2)11(14-3)15-4/h5-6,8,11H,1-4H3,(H,12,13). The highest BCUT2D eigenvalue weighted by atomic mass is 16.7. The van der Waals surface area contributed by atoms with E-state index in [1.165, 1.54) is 14.2 Å². The summed E-state index contributed by atoms with van der Waals surface area (Å²) in [6, 6.07) is 3.11. The summed E-state index contributed by atoms with van der Waals surface area (Å²) in [5.41, 5.74) is 0. The predicted molar refractivity (Wildman–Crippen MR) is 58.2 cm³/mol. The highest BCUT2D eigenvalue weighted by Gasteiger charge is 2.20. The Kier molecular flexibility index (Phi) is 4.52. The molecule has 0 bridgehead atoms. The second-order valence-electron chi connectivity index (χ2n) is 3.51. The van der Waals surface area contributed by atoms with Crippen LogP contribution in [-0.2, 0) is 9.47 Å². The van der Waals surface area contributed by atoms with Crippen molar-refractivity contribution in [2.24, 2.45) is 0 Å². The maximum Gasteiger partial charge on any atom is 0.287 e. The van der Waals surface area contributed by atoms with Gasteiger partial charge in [-0.2, -0.15) is 0 Å². The van der Waals surface area contributed by atoms with Gasteiger partial charge in [-0.05, 0) is 26.0 Å². The summed E-state index contributed by atoms with van der Waals surface area (Å²) in [6.07, 6.45) is -0.472. The third-order valence-electron chi connectivity index (χ3n) is 2.20. The summed E-state index contributed by atoms with van der Waals surface area (Å²) < 4.78 is 15.3. The van der Waals surface area contributed by atoms with Crippen molar-refractivity contribution in [3.63, 3.8) is 0 Å². The van der Waals surface area contributed by atoms with Crippen LogP contribution < -0.4 is 5.32 Å². The molecule has 0 saturated heterocycles. The number of hydrogen-bond donors (Lipinski definition) is 1. The van der Waals surface area contributed by atoms with Crippen LogP contribution in [0.3, 0.4) is 0 Å². The van der Waals surface area contributed by atoms with Crippen LogP contribution in [0, 0.1) is 6.92 Å². The van der Waals surface area contributed by atoms with Gasteiger partial charge >= 0.3 is 0 Å². The summed E-state index contributed by atoms with van der Waals surface area (Å²) in [4.78, 5) is 11.7. The number of ether oxygens (including phenoxy) is 2. The first-order chi connectivity index (χ1) is 7.58. The van der Waals surface area contributed by atoms with Crippen LogP contribution in [-0.4, -0.2) is 32.5 Å². The van der Waals surface area contributed by atoms with Gasteiger partial charge in [0.1, 0.15) is 5.76 Å². The molecule has 0 aromatic carbocycles. The molecule has 1 aromatic heterocycles. The first kappa shape index (κ1) is 12.7. The van der Waals surface area contributed by atoms with Gasteiger partial charge in [-0.1, -0.05) is 0 Å². The van der Waals surface area contributed by atoms with Crippen molar-refractivity contribution in [1.29, 1.82) is 0 Å². The first-order valence-electron chi connectivity index (χ1n) is 5.01. The molecule has 0 fully saturated rings. The highest BCUT2D eigenvalue weighted by Crippen LogP contribution is 2.07. The lowest BCUT2D eigenvalue weighted by molar-refractivity contribution is -0.117. The molecule has 5 nitrogen and oxygen atoms in total. The number of aryl methyl sites for hydroxylation is 1. The quantitative estimate of drug-likeness (QED) is 0.771. The van der Waals surface area contributed by atoms with Gasteiger partial charge < -0.3 is 19.2 Å². The van der Waals surface area contributed by atoms with E-state index in [1.54, 1.807) is 26.0 Å². The van der Waals surface area contributed by atoms with E-state index < -0.39 is 6.29 Å². The lowest BCUT2D eigenvalue weighted by atomic mass is 10.3. The number of rotatable bonds is 5. The number of furan rings is 1. The summed E-state index contributed by atoms with van der Waals surface area (Å²) >= 11 is 0. The molecular weight excluding hydrogens is 210 g/mol. The molecule has 0 saturated carbocycles. The fraction of sp³-hybridized carbons (Fsp3) is 0.545. The van der Waals surface area contributed by atoms with Gasteiger partial charge in [-0.15, -0.1) is 0 Å². The fourth-order valence-corrected chi connectivity index (χ4v) is 1.41. The van der Waals surface area contributed by atoms with Gasteiger partial charge in [0, 0.05) is 14.2 Å². The molecule has 1 atom stereocenters. The number of carbonyl (C=O) groups is 1. The van der Waals surface area contributed by atoms with Crippen LogP contribution in [0.15, 0.2) is 16.5 Å². The van der Waals surface area contributed by atoms with Crippen LogP contribution in [0.5, 0.6) is 0 Å². The van der Waals surface area contributed by atoms with Crippen molar-refractivity contribution in [1.82, 2.24) is 5.32 Å². The summed E-state index contributed by atoms with van der Waals surface area (Å²) in [5.74, 6) is 0.711. The molecule has 0 aliphatic carbocycles. The normalized spacial score (nSPS) is 12.8. The average molecular weight is 227 g/mol. The topological polar surface area (TPSA) is 60.7 Å². The smallest absolute Gasteiger partial charge is 0.287 e. The van der Waals surface area contributed by atoms with Gasteiger partial charge in [0.2, 0.25) is 0 Å². The summed E-state index contributed by atoms with van der Waals surface area (Å²) in [6.45, 7) is 3.58. The van der Waals surface area contributed by atoms with E-state index in [1.807, 2.05) is 0 Å². The Bertz CT molecular complexity index is 344.